The van der Waals surface area contributed by atoms with Crippen molar-refractivity contribution in [3.8, 4) is 0 Å². The highest BCUT2D eigenvalue weighted by Crippen LogP contribution is 2.33. The van der Waals surface area contributed by atoms with Gasteiger partial charge in [-0.05, 0) is 38.5 Å². The van der Waals surface area contributed by atoms with Crippen molar-refractivity contribution < 1.29 is 13.2 Å². The minimum Gasteiger partial charge on any atom is -0.256 e. The Bertz CT molecular complexity index is 418. The van der Waals surface area contributed by atoms with Crippen LogP contribution >= 0.6 is 23.5 Å². The fraction of sp³-hybridized carbons (Fsp3) is 0.583. The number of rotatable bonds is 4. The van der Waals surface area contributed by atoms with Gasteiger partial charge in [-0.3, -0.25) is 4.72 Å². The monoisotopic (exact) mass is 312 g/mol. The molecule has 2 nitrogen and oxygen atoms in total. The van der Waals surface area contributed by atoms with Crippen LogP contribution in [0.5, 0.6) is 0 Å². The van der Waals surface area contributed by atoms with Crippen LogP contribution in [0.2, 0.25) is 5.15 Å². The van der Waals surface area contributed by atoms with E-state index in [0.717, 1.165) is 0 Å². The molecule has 108 valence electrons. The number of halogens is 4. The highest BCUT2D eigenvalue weighted by molar-refractivity contribution is 7.98. The molecule has 1 unspecified atom stereocenters. The van der Waals surface area contributed by atoms with Gasteiger partial charge in [0, 0.05) is 10.9 Å². The van der Waals surface area contributed by atoms with Crippen LogP contribution in [0.4, 0.5) is 13.2 Å². The average Bonchev–Trinajstić information content (AvgIpc) is 2.21. The van der Waals surface area contributed by atoms with Crippen molar-refractivity contribution in [1.29, 1.82) is 0 Å². The highest BCUT2D eigenvalue weighted by Gasteiger charge is 2.33. The molecular formula is C12H16ClF3N2S. The van der Waals surface area contributed by atoms with Gasteiger partial charge in [-0.1, -0.05) is 23.5 Å². The van der Waals surface area contributed by atoms with Crippen molar-refractivity contribution in [1.82, 2.24) is 9.71 Å². The van der Waals surface area contributed by atoms with E-state index in [2.05, 4.69) is 9.71 Å². The molecule has 1 N–H and O–H groups in total. The zero-order valence-electron chi connectivity index (χ0n) is 10.9. The van der Waals surface area contributed by atoms with Crippen LogP contribution in [-0.4, -0.2) is 15.9 Å². The lowest BCUT2D eigenvalue weighted by atomic mass is 10.1. The predicted molar refractivity (Wildman–Crippen MR) is 73.1 cm³/mol. The molecule has 0 saturated heterocycles. The molecule has 19 heavy (non-hydrogen) atoms. The molecule has 7 heteroatoms. The van der Waals surface area contributed by atoms with Crippen molar-refractivity contribution in [2.75, 3.05) is 0 Å². The third-order valence-corrected chi connectivity index (χ3v) is 3.32. The van der Waals surface area contributed by atoms with E-state index in [1.165, 1.54) is 24.2 Å². The Morgan fingerprint density at radius 2 is 2.00 bits per heavy atom. The highest BCUT2D eigenvalue weighted by atomic mass is 35.5. The fourth-order valence-corrected chi connectivity index (χ4v) is 2.24. The normalized spacial score (nSPS) is 14.5. The van der Waals surface area contributed by atoms with Crippen molar-refractivity contribution in [2.24, 2.45) is 0 Å². The summed E-state index contributed by atoms with van der Waals surface area (Å²) in [6.07, 6.45) is -3.78. The van der Waals surface area contributed by atoms with Crippen LogP contribution in [0.3, 0.4) is 0 Å². The maximum Gasteiger partial charge on any atom is 0.390 e. The smallest absolute Gasteiger partial charge is 0.256 e. The lowest BCUT2D eigenvalue weighted by molar-refractivity contribution is -0.139. The van der Waals surface area contributed by atoms with E-state index in [4.69, 9.17) is 11.6 Å². The largest absolute Gasteiger partial charge is 0.390 e. The number of nitrogens with one attached hydrogen (secondary N) is 1. The number of alkyl halides is 3. The number of aromatic nitrogens is 1. The van der Waals surface area contributed by atoms with Crippen LogP contribution in [0.15, 0.2) is 18.3 Å². The van der Waals surface area contributed by atoms with Gasteiger partial charge in [-0.2, -0.15) is 13.2 Å². The maximum atomic E-state index is 12.6. The molecule has 1 aromatic heterocycles. The first kappa shape index (κ1) is 16.6. The Morgan fingerprint density at radius 3 is 2.47 bits per heavy atom. The van der Waals surface area contributed by atoms with Gasteiger partial charge in [0.25, 0.3) is 0 Å². The zero-order valence-corrected chi connectivity index (χ0v) is 12.5. The van der Waals surface area contributed by atoms with Crippen LogP contribution in [0.25, 0.3) is 0 Å². The van der Waals surface area contributed by atoms with Gasteiger partial charge in [0.05, 0.1) is 12.5 Å². The first-order valence-electron chi connectivity index (χ1n) is 5.68. The second-order valence-corrected chi connectivity index (χ2v) is 7.17. The van der Waals surface area contributed by atoms with E-state index in [-0.39, 0.29) is 9.90 Å². The molecule has 1 heterocycles. The third kappa shape index (κ3) is 7.03. The molecule has 1 aromatic rings. The maximum absolute atomic E-state index is 12.6. The van der Waals surface area contributed by atoms with Crippen molar-refractivity contribution in [3.63, 3.8) is 0 Å². The predicted octanol–water partition coefficient (Wildman–Crippen LogP) is 4.76. The van der Waals surface area contributed by atoms with E-state index in [1.807, 2.05) is 20.8 Å². The molecule has 0 spiro atoms. The molecule has 0 bridgehead atoms. The standard InChI is InChI=1S/C12H16ClF3N2S/c1-11(2,3)19-18-9(7-12(14,15)16)8-4-5-17-10(13)6-8/h4-6,9,18H,7H2,1-3H3. The topological polar surface area (TPSA) is 24.9 Å². The Morgan fingerprint density at radius 1 is 1.37 bits per heavy atom. The first-order valence-corrected chi connectivity index (χ1v) is 6.88. The molecule has 1 rings (SSSR count). The molecule has 0 aliphatic heterocycles. The minimum absolute atomic E-state index is 0.180. The third-order valence-electron chi connectivity index (χ3n) is 2.10. The van der Waals surface area contributed by atoms with Crippen molar-refractivity contribution >= 4 is 23.5 Å². The Hall–Kier alpha value is -0.460. The van der Waals surface area contributed by atoms with Gasteiger partial charge in [-0.25, -0.2) is 4.98 Å². The SMILES string of the molecule is CC(C)(C)SNC(CC(F)(F)F)c1ccnc(Cl)c1. The summed E-state index contributed by atoms with van der Waals surface area (Å²) in [5, 5.41) is 0.187. The van der Waals surface area contributed by atoms with E-state index in [0.29, 0.717) is 5.56 Å². The van der Waals surface area contributed by atoms with E-state index < -0.39 is 18.6 Å². The van der Waals surface area contributed by atoms with Gasteiger partial charge in [0.2, 0.25) is 0 Å². The van der Waals surface area contributed by atoms with Crippen LogP contribution < -0.4 is 4.72 Å². The van der Waals surface area contributed by atoms with E-state index in [1.54, 1.807) is 6.07 Å². The van der Waals surface area contributed by atoms with Gasteiger partial charge in [0.1, 0.15) is 5.15 Å². The number of hydrogen-bond donors (Lipinski definition) is 1. The lowest BCUT2D eigenvalue weighted by Crippen LogP contribution is -2.26. The summed E-state index contributed by atoms with van der Waals surface area (Å²) < 4.78 is 40.5. The average molecular weight is 313 g/mol. The first-order chi connectivity index (χ1) is 8.57. The summed E-state index contributed by atoms with van der Waals surface area (Å²) in [6.45, 7) is 5.78. The Labute approximate surface area is 120 Å². The van der Waals surface area contributed by atoms with Gasteiger partial charge in [0.15, 0.2) is 0 Å². The van der Waals surface area contributed by atoms with Crippen LogP contribution in [0.1, 0.15) is 38.8 Å². The van der Waals surface area contributed by atoms with Gasteiger partial charge in [-0.15, -0.1) is 0 Å². The second-order valence-electron chi connectivity index (χ2n) is 5.12. The Balaban J connectivity index is 2.86. The number of hydrogen-bond acceptors (Lipinski definition) is 3. The second kappa shape index (κ2) is 6.33. The molecule has 0 radical (unpaired) electrons. The lowest BCUT2D eigenvalue weighted by Gasteiger charge is -2.25. The molecule has 0 aliphatic rings. The number of pyridine rings is 1. The number of nitrogens with zero attached hydrogens (tertiary/aromatic N) is 1. The molecule has 1 atom stereocenters. The Kier molecular flexibility index (Phi) is 5.53. The van der Waals surface area contributed by atoms with Gasteiger partial charge < -0.3 is 0 Å². The fourth-order valence-electron chi connectivity index (χ4n) is 1.34. The van der Waals surface area contributed by atoms with E-state index in [9.17, 15) is 13.2 Å². The summed E-state index contributed by atoms with van der Waals surface area (Å²) in [5.74, 6) is 0. The summed E-state index contributed by atoms with van der Waals surface area (Å²) in [7, 11) is 0. The quantitative estimate of drug-likeness (QED) is 0.640. The summed E-state index contributed by atoms with van der Waals surface area (Å²) in [6, 6.07) is 2.15. The molecule has 0 amide bonds. The van der Waals surface area contributed by atoms with Crippen LogP contribution in [0, 0.1) is 0 Å². The van der Waals surface area contributed by atoms with E-state index >= 15 is 0 Å². The van der Waals surface area contributed by atoms with Crippen molar-refractivity contribution in [3.05, 3.63) is 29.0 Å². The summed E-state index contributed by atoms with van der Waals surface area (Å²) >= 11 is 6.99. The zero-order chi connectivity index (χ0) is 14.7. The van der Waals surface area contributed by atoms with Crippen LogP contribution in [-0.2, 0) is 0 Å². The summed E-state index contributed by atoms with van der Waals surface area (Å²) in [5.41, 5.74) is 0.481. The molecular weight excluding hydrogens is 297 g/mol. The summed E-state index contributed by atoms with van der Waals surface area (Å²) in [4.78, 5) is 3.78. The van der Waals surface area contributed by atoms with Crippen molar-refractivity contribution in [2.45, 2.75) is 44.2 Å². The molecule has 0 fully saturated rings. The molecule has 0 aromatic carbocycles. The minimum atomic E-state index is -4.24. The molecule has 0 saturated carbocycles. The molecule has 0 aliphatic carbocycles. The van der Waals surface area contributed by atoms with Gasteiger partial charge >= 0.3 is 6.18 Å².